The highest BCUT2D eigenvalue weighted by molar-refractivity contribution is 8.14. The van der Waals surface area contributed by atoms with Crippen molar-refractivity contribution in [2.45, 2.75) is 44.6 Å². The summed E-state index contributed by atoms with van der Waals surface area (Å²) in [5.41, 5.74) is 0. The van der Waals surface area contributed by atoms with Crippen molar-refractivity contribution in [1.29, 1.82) is 0 Å². The molecule has 1 unspecified atom stereocenters. The highest BCUT2D eigenvalue weighted by atomic mass is 32.2. The van der Waals surface area contributed by atoms with E-state index in [-0.39, 0.29) is 0 Å². The summed E-state index contributed by atoms with van der Waals surface area (Å²) in [4.78, 5) is 18.6. The molecular formula is C12H18N2OS. The molecular weight excluding hydrogens is 220 g/mol. The van der Waals surface area contributed by atoms with Gasteiger partial charge in [0.25, 0.3) is 0 Å². The predicted octanol–water partition coefficient (Wildman–Crippen LogP) is 2.27. The fourth-order valence-electron chi connectivity index (χ4n) is 3.01. The van der Waals surface area contributed by atoms with Gasteiger partial charge in [-0.2, -0.15) is 0 Å². The molecule has 1 atom stereocenters. The average molecular weight is 238 g/mol. The first-order valence-corrected chi connectivity index (χ1v) is 7.34. The quantitative estimate of drug-likeness (QED) is 0.702. The smallest absolute Gasteiger partial charge is 0.230 e. The monoisotopic (exact) mass is 238 g/mol. The van der Waals surface area contributed by atoms with Gasteiger partial charge in [0, 0.05) is 18.7 Å². The van der Waals surface area contributed by atoms with E-state index in [1.807, 2.05) is 4.90 Å². The minimum absolute atomic E-state index is 0.296. The Balaban J connectivity index is 1.76. The molecule has 0 aromatic rings. The maximum absolute atomic E-state index is 12.0. The third kappa shape index (κ3) is 1.88. The molecule has 1 aliphatic carbocycles. The van der Waals surface area contributed by atoms with Crippen LogP contribution in [0.25, 0.3) is 0 Å². The normalized spacial score (nSPS) is 31.5. The number of hydrogen-bond acceptors (Lipinski definition) is 3. The van der Waals surface area contributed by atoms with Crippen LogP contribution in [0, 0.1) is 5.92 Å². The van der Waals surface area contributed by atoms with Crippen LogP contribution in [0.5, 0.6) is 0 Å². The Morgan fingerprint density at radius 2 is 2.06 bits per heavy atom. The zero-order valence-electron chi connectivity index (χ0n) is 9.52. The van der Waals surface area contributed by atoms with Crippen molar-refractivity contribution in [2.75, 3.05) is 12.3 Å². The third-order valence-electron chi connectivity index (χ3n) is 3.93. The molecule has 3 aliphatic rings. The van der Waals surface area contributed by atoms with Crippen molar-refractivity contribution in [1.82, 2.24) is 4.90 Å². The van der Waals surface area contributed by atoms with E-state index in [1.54, 1.807) is 11.8 Å². The van der Waals surface area contributed by atoms with Gasteiger partial charge >= 0.3 is 0 Å². The van der Waals surface area contributed by atoms with Gasteiger partial charge in [0.2, 0.25) is 5.91 Å². The van der Waals surface area contributed by atoms with Gasteiger partial charge in [-0.3, -0.25) is 14.7 Å². The lowest BCUT2D eigenvalue weighted by molar-refractivity contribution is -0.128. The fourth-order valence-corrected chi connectivity index (χ4v) is 4.02. The Bertz CT molecular complexity index is 323. The molecule has 88 valence electrons. The first-order valence-electron chi connectivity index (χ1n) is 6.35. The Kier molecular flexibility index (Phi) is 2.92. The minimum atomic E-state index is 0.296. The zero-order valence-corrected chi connectivity index (χ0v) is 10.3. The molecule has 3 rings (SSSR count). The van der Waals surface area contributed by atoms with E-state index in [1.165, 1.54) is 32.1 Å². The summed E-state index contributed by atoms with van der Waals surface area (Å²) < 4.78 is 0. The van der Waals surface area contributed by atoms with E-state index in [2.05, 4.69) is 0 Å². The van der Waals surface area contributed by atoms with Crippen molar-refractivity contribution in [2.24, 2.45) is 10.9 Å². The van der Waals surface area contributed by atoms with Crippen LogP contribution in [0.15, 0.2) is 4.99 Å². The maximum Gasteiger partial charge on any atom is 0.230 e. The number of nitrogens with zero attached hydrogens (tertiary/aromatic N) is 2. The molecule has 0 bridgehead atoms. The van der Waals surface area contributed by atoms with E-state index in [9.17, 15) is 4.79 Å². The topological polar surface area (TPSA) is 32.7 Å². The number of thioether (sulfide) groups is 1. The van der Waals surface area contributed by atoms with Crippen molar-refractivity contribution < 1.29 is 4.79 Å². The van der Waals surface area contributed by atoms with Crippen molar-refractivity contribution in [3.63, 3.8) is 0 Å². The van der Waals surface area contributed by atoms with Gasteiger partial charge in [-0.1, -0.05) is 31.0 Å². The van der Waals surface area contributed by atoms with Gasteiger partial charge in [-0.05, 0) is 18.8 Å². The van der Waals surface area contributed by atoms with Crippen LogP contribution in [0.4, 0.5) is 0 Å². The second-order valence-corrected chi connectivity index (χ2v) is 6.04. The van der Waals surface area contributed by atoms with Crippen LogP contribution >= 0.6 is 11.8 Å². The van der Waals surface area contributed by atoms with E-state index >= 15 is 0 Å². The molecule has 0 spiro atoms. The number of rotatable bonds is 1. The van der Waals surface area contributed by atoms with Crippen LogP contribution in [0.2, 0.25) is 0 Å². The first-order chi connectivity index (χ1) is 7.84. The maximum atomic E-state index is 12.0. The molecule has 0 N–H and O–H groups in total. The van der Waals surface area contributed by atoms with Crippen molar-refractivity contribution >= 4 is 22.8 Å². The standard InChI is InChI=1S/C12H18N2OS/c15-11-8-10(9-4-2-1-3-5-9)13-12-14(11)6-7-16-12/h9-10H,1-8H2. The Morgan fingerprint density at radius 3 is 2.88 bits per heavy atom. The summed E-state index contributed by atoms with van der Waals surface area (Å²) in [5.74, 6) is 2.02. The highest BCUT2D eigenvalue weighted by Crippen LogP contribution is 2.34. The summed E-state index contributed by atoms with van der Waals surface area (Å²) >= 11 is 1.75. The van der Waals surface area contributed by atoms with E-state index in [0.29, 0.717) is 24.3 Å². The minimum Gasteiger partial charge on any atom is -0.291 e. The second kappa shape index (κ2) is 4.40. The molecule has 1 saturated heterocycles. The van der Waals surface area contributed by atoms with Crippen LogP contribution in [-0.2, 0) is 4.79 Å². The van der Waals surface area contributed by atoms with Crippen LogP contribution < -0.4 is 0 Å². The summed E-state index contributed by atoms with van der Waals surface area (Å²) in [7, 11) is 0. The zero-order chi connectivity index (χ0) is 11.0. The molecule has 2 aliphatic heterocycles. The fraction of sp³-hybridized carbons (Fsp3) is 0.833. The highest BCUT2D eigenvalue weighted by Gasteiger charge is 2.35. The van der Waals surface area contributed by atoms with Gasteiger partial charge in [-0.25, -0.2) is 0 Å². The lowest BCUT2D eigenvalue weighted by Crippen LogP contribution is -2.41. The Morgan fingerprint density at radius 1 is 1.25 bits per heavy atom. The number of aliphatic imine (C=N–C) groups is 1. The SMILES string of the molecule is O=C1CC(C2CCCCC2)N=C2SCCN12. The number of amidine groups is 1. The van der Waals surface area contributed by atoms with E-state index in [0.717, 1.165) is 17.5 Å². The van der Waals surface area contributed by atoms with Crippen LogP contribution in [0.3, 0.4) is 0 Å². The lowest BCUT2D eigenvalue weighted by Gasteiger charge is -2.32. The Hall–Kier alpha value is -0.510. The van der Waals surface area contributed by atoms with Gasteiger partial charge in [-0.15, -0.1) is 0 Å². The number of hydrogen-bond donors (Lipinski definition) is 0. The van der Waals surface area contributed by atoms with E-state index in [4.69, 9.17) is 4.99 Å². The van der Waals surface area contributed by atoms with E-state index < -0.39 is 0 Å². The number of carbonyl (C=O) groups excluding carboxylic acids is 1. The lowest BCUT2D eigenvalue weighted by atomic mass is 9.82. The van der Waals surface area contributed by atoms with Crippen molar-refractivity contribution in [3.8, 4) is 0 Å². The van der Waals surface area contributed by atoms with Crippen LogP contribution in [0.1, 0.15) is 38.5 Å². The molecule has 4 heteroatoms. The van der Waals surface area contributed by atoms with Crippen LogP contribution in [-0.4, -0.2) is 34.3 Å². The molecule has 1 amide bonds. The number of carbonyl (C=O) groups is 1. The molecule has 2 fully saturated rings. The summed E-state index contributed by atoms with van der Waals surface area (Å²) in [6, 6.07) is 0.296. The van der Waals surface area contributed by atoms with Gasteiger partial charge in [0.15, 0.2) is 5.17 Å². The molecule has 0 aromatic heterocycles. The third-order valence-corrected chi connectivity index (χ3v) is 4.90. The van der Waals surface area contributed by atoms with Gasteiger partial charge in [0.05, 0.1) is 6.04 Å². The second-order valence-electron chi connectivity index (χ2n) is 4.98. The molecule has 0 aromatic carbocycles. The molecule has 16 heavy (non-hydrogen) atoms. The average Bonchev–Trinajstić information content (AvgIpc) is 2.79. The molecule has 1 saturated carbocycles. The predicted molar refractivity (Wildman–Crippen MR) is 66.6 cm³/mol. The van der Waals surface area contributed by atoms with Gasteiger partial charge in [0.1, 0.15) is 0 Å². The Labute approximate surface area is 101 Å². The summed E-state index contributed by atoms with van der Waals surface area (Å²) in [6.45, 7) is 0.875. The molecule has 0 radical (unpaired) electrons. The number of fused-ring (bicyclic) bond motifs is 1. The summed E-state index contributed by atoms with van der Waals surface area (Å²) in [5, 5.41) is 1.01. The van der Waals surface area contributed by atoms with Gasteiger partial charge < -0.3 is 0 Å². The molecule has 3 nitrogen and oxygen atoms in total. The largest absolute Gasteiger partial charge is 0.291 e. The van der Waals surface area contributed by atoms with Crippen molar-refractivity contribution in [3.05, 3.63) is 0 Å². The summed E-state index contributed by atoms with van der Waals surface area (Å²) in [6.07, 6.45) is 7.25. The first kappa shape index (κ1) is 10.6. The number of amides is 1. The molecule has 2 heterocycles.